The topological polar surface area (TPSA) is 129 Å². The van der Waals surface area contributed by atoms with E-state index in [0.29, 0.717) is 23.0 Å². The minimum atomic E-state index is -0.957. The summed E-state index contributed by atoms with van der Waals surface area (Å²) in [6, 6.07) is 7.81. The second kappa shape index (κ2) is 14.4. The number of hydrogen-bond acceptors (Lipinski definition) is 7. The van der Waals surface area contributed by atoms with Crippen LogP contribution in [-0.4, -0.2) is 69.8 Å². The van der Waals surface area contributed by atoms with E-state index in [1.807, 2.05) is 0 Å². The number of alkyl carbamates (subject to hydrolysis) is 1. The van der Waals surface area contributed by atoms with Crippen molar-refractivity contribution >= 4 is 34.8 Å². The number of methoxy groups -OCH3 is 1. The Kier molecular flexibility index (Phi) is 10.6. The lowest BCUT2D eigenvalue weighted by Crippen LogP contribution is -2.42. The first-order valence-corrected chi connectivity index (χ1v) is 14.9. The molecule has 0 unspecified atom stereocenters. The van der Waals surface area contributed by atoms with Gasteiger partial charge in [-0.05, 0) is 82.9 Å². The second-order valence-electron chi connectivity index (χ2n) is 12.0. The van der Waals surface area contributed by atoms with Gasteiger partial charge in [0, 0.05) is 42.4 Å². The van der Waals surface area contributed by atoms with Crippen molar-refractivity contribution in [2.75, 3.05) is 20.2 Å². The van der Waals surface area contributed by atoms with Crippen molar-refractivity contribution in [3.63, 3.8) is 0 Å². The molecule has 0 aliphatic carbocycles. The van der Waals surface area contributed by atoms with Gasteiger partial charge in [-0.3, -0.25) is 14.4 Å². The summed E-state index contributed by atoms with van der Waals surface area (Å²) >= 11 is 0. The minimum absolute atomic E-state index is 0.0594. The molecular formula is C33H39FN4O7. The molecule has 240 valence electrons. The first-order chi connectivity index (χ1) is 21.4. The third-order valence-corrected chi connectivity index (χ3v) is 7.38. The van der Waals surface area contributed by atoms with Gasteiger partial charge in [-0.25, -0.2) is 18.5 Å². The fraction of sp³-hybridized carbons (Fsp3) is 0.424. The summed E-state index contributed by atoms with van der Waals surface area (Å²) in [7, 11) is 1.19. The van der Waals surface area contributed by atoms with E-state index in [1.165, 1.54) is 52.8 Å². The van der Waals surface area contributed by atoms with Crippen LogP contribution in [0.25, 0.3) is 10.9 Å². The van der Waals surface area contributed by atoms with Crippen LogP contribution >= 0.6 is 0 Å². The number of benzene rings is 1. The quantitative estimate of drug-likeness (QED) is 0.328. The summed E-state index contributed by atoms with van der Waals surface area (Å²) in [6.07, 6.45) is 5.44. The van der Waals surface area contributed by atoms with Crippen molar-refractivity contribution < 1.29 is 33.0 Å². The molecule has 1 saturated heterocycles. The van der Waals surface area contributed by atoms with Gasteiger partial charge >= 0.3 is 12.2 Å². The number of carbonyl (C=O) groups is 4. The normalized spacial score (nSPS) is 14.1. The van der Waals surface area contributed by atoms with Crippen molar-refractivity contribution in [2.24, 2.45) is 0 Å². The molecule has 3 aromatic rings. The summed E-state index contributed by atoms with van der Waals surface area (Å²) in [5, 5.41) is 2.99. The number of fused-ring (bicyclic) bond motifs is 1. The standard InChI is InChI=1S/C33H39FN4O7/c1-33(2,3)45-32(43)38-25(19-23-18-24(34)13-14-27(23)38)21-37-17-9-10-22(30(37)41)20-28(39)26(35-31(42)44-4)11-5-6-12-29(40)36-15-7-8-16-36/h6,9-10,12-14,17-19,26H,5,7-8,11,15-16,20-21H2,1-4H3,(H,35,42)/b12-6+/t26-/m0/s1. The number of ether oxygens (including phenoxy) is 2. The Morgan fingerprint density at radius 2 is 1.82 bits per heavy atom. The van der Waals surface area contributed by atoms with E-state index in [9.17, 15) is 28.4 Å². The van der Waals surface area contributed by atoms with Crippen LogP contribution in [0.15, 0.2) is 59.5 Å². The first kappa shape index (κ1) is 33.2. The molecular weight excluding hydrogens is 583 g/mol. The van der Waals surface area contributed by atoms with Gasteiger partial charge in [0.15, 0.2) is 5.78 Å². The lowest BCUT2D eigenvalue weighted by atomic mass is 10.0. The van der Waals surface area contributed by atoms with Gasteiger partial charge in [-0.1, -0.05) is 12.1 Å². The maximum absolute atomic E-state index is 14.0. The number of hydrogen-bond donors (Lipinski definition) is 1. The summed E-state index contributed by atoms with van der Waals surface area (Å²) < 4.78 is 26.9. The van der Waals surface area contributed by atoms with Gasteiger partial charge in [0.05, 0.1) is 25.2 Å². The third kappa shape index (κ3) is 8.68. The number of ketones is 1. The second-order valence-corrected chi connectivity index (χ2v) is 12.0. The van der Waals surface area contributed by atoms with E-state index in [-0.39, 0.29) is 30.9 Å². The van der Waals surface area contributed by atoms with E-state index in [2.05, 4.69) is 10.1 Å². The molecule has 0 bridgehead atoms. The van der Waals surface area contributed by atoms with Gasteiger partial charge in [0.2, 0.25) is 5.91 Å². The molecule has 1 aliphatic rings. The van der Waals surface area contributed by atoms with Crippen LogP contribution in [0.4, 0.5) is 14.0 Å². The van der Waals surface area contributed by atoms with E-state index in [4.69, 9.17) is 4.74 Å². The zero-order valence-corrected chi connectivity index (χ0v) is 26.0. The van der Waals surface area contributed by atoms with E-state index in [0.717, 1.165) is 25.9 Å². The lowest BCUT2D eigenvalue weighted by molar-refractivity contribution is -0.125. The molecule has 3 heterocycles. The SMILES string of the molecule is COC(=O)N[C@@H](CC/C=C/C(=O)N1CCCC1)C(=O)Cc1cccn(Cc2cc3cc(F)ccc3n2C(=O)OC(C)(C)C)c1=O. The van der Waals surface area contributed by atoms with Crippen molar-refractivity contribution in [1.29, 1.82) is 0 Å². The van der Waals surface area contributed by atoms with E-state index < -0.39 is 41.0 Å². The highest BCUT2D eigenvalue weighted by atomic mass is 19.1. The van der Waals surface area contributed by atoms with Crippen molar-refractivity contribution in [3.05, 3.63) is 82.2 Å². The summed E-state index contributed by atoms with van der Waals surface area (Å²) in [5.74, 6) is -0.971. The minimum Gasteiger partial charge on any atom is -0.453 e. The Labute approximate surface area is 260 Å². The zero-order chi connectivity index (χ0) is 32.7. The molecule has 1 N–H and O–H groups in total. The predicted octanol–water partition coefficient (Wildman–Crippen LogP) is 4.57. The fourth-order valence-electron chi connectivity index (χ4n) is 5.22. The number of nitrogens with zero attached hydrogens (tertiary/aromatic N) is 3. The molecule has 1 atom stereocenters. The van der Waals surface area contributed by atoms with Gasteiger partial charge < -0.3 is 24.3 Å². The largest absolute Gasteiger partial charge is 0.453 e. The van der Waals surface area contributed by atoms with Gasteiger partial charge in [-0.15, -0.1) is 0 Å². The van der Waals surface area contributed by atoms with Crippen molar-refractivity contribution in [3.8, 4) is 0 Å². The molecule has 1 aliphatic heterocycles. The van der Waals surface area contributed by atoms with Crippen LogP contribution in [0.5, 0.6) is 0 Å². The number of aromatic nitrogens is 2. The molecule has 11 nitrogen and oxygen atoms in total. The average molecular weight is 623 g/mol. The fourth-order valence-corrected chi connectivity index (χ4v) is 5.22. The molecule has 12 heteroatoms. The van der Waals surface area contributed by atoms with Crippen LogP contribution in [0.1, 0.15) is 57.7 Å². The molecule has 0 saturated carbocycles. The number of nitrogens with one attached hydrogen (secondary N) is 1. The van der Waals surface area contributed by atoms with Crippen LogP contribution in [0.3, 0.4) is 0 Å². The van der Waals surface area contributed by atoms with E-state index in [1.54, 1.807) is 43.9 Å². The monoisotopic (exact) mass is 622 g/mol. The maximum Gasteiger partial charge on any atom is 0.419 e. The first-order valence-electron chi connectivity index (χ1n) is 14.9. The van der Waals surface area contributed by atoms with Crippen molar-refractivity contribution in [2.45, 2.75) is 71.1 Å². The number of Topliss-reactive ketones (excluding diaryl/α,β-unsaturated/α-hetero) is 1. The maximum atomic E-state index is 14.0. The number of halogens is 1. The average Bonchev–Trinajstić information content (AvgIpc) is 3.63. The third-order valence-electron chi connectivity index (χ3n) is 7.38. The van der Waals surface area contributed by atoms with E-state index >= 15 is 0 Å². The molecule has 0 radical (unpaired) electrons. The van der Waals surface area contributed by atoms with Crippen LogP contribution in [0, 0.1) is 5.82 Å². The molecule has 2 amide bonds. The Morgan fingerprint density at radius 1 is 1.09 bits per heavy atom. The smallest absolute Gasteiger partial charge is 0.419 e. The molecule has 45 heavy (non-hydrogen) atoms. The summed E-state index contributed by atoms with van der Waals surface area (Å²) in [6.45, 7) is 6.58. The highest BCUT2D eigenvalue weighted by molar-refractivity contribution is 5.91. The van der Waals surface area contributed by atoms with Gasteiger partial charge in [0.1, 0.15) is 11.4 Å². The number of allylic oxidation sites excluding steroid dienone is 1. The summed E-state index contributed by atoms with van der Waals surface area (Å²) in [5.41, 5.74) is -0.268. The Hall–Kier alpha value is -4.74. The number of rotatable bonds is 10. The Morgan fingerprint density at radius 3 is 2.51 bits per heavy atom. The number of amides is 2. The number of pyridine rings is 1. The number of likely N-dealkylation sites (tertiary alicyclic amines) is 1. The molecule has 1 aromatic carbocycles. The molecule has 0 spiro atoms. The zero-order valence-electron chi connectivity index (χ0n) is 26.0. The van der Waals surface area contributed by atoms with Crippen molar-refractivity contribution in [1.82, 2.24) is 19.4 Å². The predicted molar refractivity (Wildman–Crippen MR) is 166 cm³/mol. The Bertz CT molecular complexity index is 1660. The van der Waals surface area contributed by atoms with Gasteiger partial charge in [-0.2, -0.15) is 0 Å². The molecule has 2 aromatic heterocycles. The van der Waals surface area contributed by atoms with Gasteiger partial charge in [0.25, 0.3) is 5.56 Å². The highest BCUT2D eigenvalue weighted by Gasteiger charge is 2.25. The lowest BCUT2D eigenvalue weighted by Gasteiger charge is -2.21. The molecule has 1 fully saturated rings. The van der Waals surface area contributed by atoms with Crippen LogP contribution < -0.4 is 10.9 Å². The Balaban J connectivity index is 1.53. The number of carbonyl (C=O) groups excluding carboxylic acids is 4. The van der Waals surface area contributed by atoms with Crippen LogP contribution in [0.2, 0.25) is 0 Å². The summed E-state index contributed by atoms with van der Waals surface area (Å²) in [4.78, 5) is 66.0. The van der Waals surface area contributed by atoms with Crippen LogP contribution in [-0.2, 0) is 32.0 Å². The molecule has 4 rings (SSSR count). The highest BCUT2D eigenvalue weighted by Crippen LogP contribution is 2.24.